The molecule has 0 atom stereocenters. The summed E-state index contributed by atoms with van der Waals surface area (Å²) in [5.41, 5.74) is 7.45. The van der Waals surface area contributed by atoms with Crippen molar-refractivity contribution in [3.8, 4) is 11.3 Å². The SMILES string of the molecule is CCc1nc(-c2cccc(Cl)c2)c(N)n1N. The van der Waals surface area contributed by atoms with Crippen LogP contribution in [0.3, 0.4) is 0 Å². The zero-order valence-electron chi connectivity index (χ0n) is 8.94. The van der Waals surface area contributed by atoms with E-state index in [0.29, 0.717) is 16.5 Å². The van der Waals surface area contributed by atoms with E-state index in [0.717, 1.165) is 17.8 Å². The maximum Gasteiger partial charge on any atom is 0.150 e. The monoisotopic (exact) mass is 236 g/mol. The smallest absolute Gasteiger partial charge is 0.150 e. The molecule has 4 nitrogen and oxygen atoms in total. The average Bonchev–Trinajstić information content (AvgIpc) is 2.56. The molecule has 0 aliphatic heterocycles. The molecule has 0 spiro atoms. The first kappa shape index (κ1) is 10.8. The zero-order chi connectivity index (χ0) is 11.7. The van der Waals surface area contributed by atoms with Crippen LogP contribution in [0, 0.1) is 0 Å². The molecular weight excluding hydrogens is 224 g/mol. The Labute approximate surface area is 98.8 Å². The summed E-state index contributed by atoms with van der Waals surface area (Å²) in [6, 6.07) is 7.39. The van der Waals surface area contributed by atoms with E-state index in [1.54, 1.807) is 6.07 Å². The molecule has 1 aromatic heterocycles. The molecular formula is C11H13ClN4. The normalized spacial score (nSPS) is 10.6. The van der Waals surface area contributed by atoms with E-state index in [1.807, 2.05) is 25.1 Å². The number of anilines is 1. The van der Waals surface area contributed by atoms with Gasteiger partial charge in [-0.15, -0.1) is 0 Å². The molecule has 0 unspecified atom stereocenters. The quantitative estimate of drug-likeness (QED) is 0.785. The van der Waals surface area contributed by atoms with Crippen molar-refractivity contribution in [2.45, 2.75) is 13.3 Å². The van der Waals surface area contributed by atoms with Crippen LogP contribution in [-0.4, -0.2) is 9.66 Å². The van der Waals surface area contributed by atoms with E-state index in [9.17, 15) is 0 Å². The van der Waals surface area contributed by atoms with Gasteiger partial charge in [-0.2, -0.15) is 0 Å². The van der Waals surface area contributed by atoms with Gasteiger partial charge >= 0.3 is 0 Å². The van der Waals surface area contributed by atoms with Crippen LogP contribution >= 0.6 is 11.6 Å². The summed E-state index contributed by atoms with van der Waals surface area (Å²) in [5.74, 6) is 7.00. The summed E-state index contributed by atoms with van der Waals surface area (Å²) in [6.45, 7) is 1.98. The van der Waals surface area contributed by atoms with Crippen molar-refractivity contribution in [3.63, 3.8) is 0 Å². The number of benzene rings is 1. The zero-order valence-corrected chi connectivity index (χ0v) is 9.70. The van der Waals surface area contributed by atoms with Crippen molar-refractivity contribution in [1.82, 2.24) is 9.66 Å². The van der Waals surface area contributed by atoms with Crippen LogP contribution in [0.5, 0.6) is 0 Å². The number of halogens is 1. The van der Waals surface area contributed by atoms with Crippen LogP contribution in [0.2, 0.25) is 5.02 Å². The van der Waals surface area contributed by atoms with Crippen LogP contribution in [0.25, 0.3) is 11.3 Å². The molecule has 0 aliphatic rings. The third-order valence-electron chi connectivity index (χ3n) is 2.44. The fourth-order valence-electron chi connectivity index (χ4n) is 1.59. The Hall–Kier alpha value is -1.68. The lowest BCUT2D eigenvalue weighted by Gasteiger charge is -2.00. The molecule has 2 rings (SSSR count). The Kier molecular flexibility index (Phi) is 2.75. The van der Waals surface area contributed by atoms with E-state index in [4.69, 9.17) is 23.2 Å². The van der Waals surface area contributed by atoms with Crippen molar-refractivity contribution in [1.29, 1.82) is 0 Å². The first-order valence-electron chi connectivity index (χ1n) is 5.01. The third-order valence-corrected chi connectivity index (χ3v) is 2.67. The largest absolute Gasteiger partial charge is 0.382 e. The highest BCUT2D eigenvalue weighted by atomic mass is 35.5. The third kappa shape index (κ3) is 1.72. The first-order chi connectivity index (χ1) is 7.63. The fraction of sp³-hybridized carbons (Fsp3) is 0.182. The Balaban J connectivity index is 2.56. The lowest BCUT2D eigenvalue weighted by Crippen LogP contribution is -2.14. The van der Waals surface area contributed by atoms with Crippen molar-refractivity contribution in [3.05, 3.63) is 35.1 Å². The number of nitrogens with two attached hydrogens (primary N) is 2. The van der Waals surface area contributed by atoms with Crippen LogP contribution < -0.4 is 11.6 Å². The van der Waals surface area contributed by atoms with Gasteiger partial charge in [0.2, 0.25) is 0 Å². The van der Waals surface area contributed by atoms with Crippen LogP contribution in [0.4, 0.5) is 5.82 Å². The Morgan fingerprint density at radius 3 is 2.75 bits per heavy atom. The van der Waals surface area contributed by atoms with E-state index < -0.39 is 0 Å². The van der Waals surface area contributed by atoms with Crippen molar-refractivity contribution < 1.29 is 0 Å². The predicted octanol–water partition coefficient (Wildman–Crippen LogP) is 2.06. The number of nitrogens with zero attached hydrogens (tertiary/aromatic N) is 2. The topological polar surface area (TPSA) is 69.9 Å². The highest BCUT2D eigenvalue weighted by molar-refractivity contribution is 6.30. The van der Waals surface area contributed by atoms with Crippen molar-refractivity contribution in [2.24, 2.45) is 0 Å². The number of aromatic nitrogens is 2. The molecule has 0 bridgehead atoms. The van der Waals surface area contributed by atoms with E-state index in [2.05, 4.69) is 4.98 Å². The van der Waals surface area contributed by atoms with E-state index >= 15 is 0 Å². The van der Waals surface area contributed by atoms with Crippen molar-refractivity contribution >= 4 is 17.4 Å². The molecule has 0 saturated carbocycles. The lowest BCUT2D eigenvalue weighted by atomic mass is 10.1. The van der Waals surface area contributed by atoms with Gasteiger partial charge in [-0.3, -0.25) is 0 Å². The number of aryl methyl sites for hydroxylation is 1. The highest BCUT2D eigenvalue weighted by Crippen LogP contribution is 2.26. The van der Waals surface area contributed by atoms with Crippen LogP contribution in [-0.2, 0) is 6.42 Å². The number of hydrogen-bond acceptors (Lipinski definition) is 3. The maximum atomic E-state index is 5.92. The lowest BCUT2D eigenvalue weighted by molar-refractivity contribution is 0.865. The van der Waals surface area contributed by atoms with Gasteiger partial charge in [0, 0.05) is 17.0 Å². The summed E-state index contributed by atoms with van der Waals surface area (Å²) >= 11 is 5.92. The molecule has 0 aliphatic carbocycles. The van der Waals surface area contributed by atoms with Gasteiger partial charge in [0.15, 0.2) is 5.82 Å². The summed E-state index contributed by atoms with van der Waals surface area (Å²) in [5, 5.41) is 0.654. The summed E-state index contributed by atoms with van der Waals surface area (Å²) in [7, 11) is 0. The maximum absolute atomic E-state index is 5.92. The van der Waals surface area contributed by atoms with Gasteiger partial charge in [0.05, 0.1) is 0 Å². The van der Waals surface area contributed by atoms with E-state index in [-0.39, 0.29) is 0 Å². The van der Waals surface area contributed by atoms with Crippen molar-refractivity contribution in [2.75, 3.05) is 11.6 Å². The Morgan fingerprint density at radius 2 is 2.19 bits per heavy atom. The van der Waals surface area contributed by atoms with Gasteiger partial charge in [-0.1, -0.05) is 30.7 Å². The average molecular weight is 237 g/mol. The van der Waals surface area contributed by atoms with Gasteiger partial charge < -0.3 is 11.6 Å². The molecule has 1 heterocycles. The Morgan fingerprint density at radius 1 is 1.44 bits per heavy atom. The molecule has 16 heavy (non-hydrogen) atoms. The molecule has 0 fully saturated rings. The fourth-order valence-corrected chi connectivity index (χ4v) is 1.78. The molecule has 5 heteroatoms. The minimum atomic E-state index is 0.458. The summed E-state index contributed by atoms with van der Waals surface area (Å²) in [4.78, 5) is 4.39. The number of nitrogen functional groups attached to an aromatic ring is 2. The number of hydrogen-bond donors (Lipinski definition) is 2. The molecule has 0 saturated heterocycles. The first-order valence-corrected chi connectivity index (χ1v) is 5.39. The molecule has 1 aromatic carbocycles. The minimum Gasteiger partial charge on any atom is -0.382 e. The van der Waals surface area contributed by atoms with Gasteiger partial charge in [-0.25, -0.2) is 9.66 Å². The molecule has 0 amide bonds. The second kappa shape index (κ2) is 4.06. The molecule has 4 N–H and O–H groups in total. The minimum absolute atomic E-state index is 0.458. The standard InChI is InChI=1S/C11H13ClN4/c1-2-9-15-10(11(13)16(9)14)7-4-3-5-8(12)6-7/h3-6H,2,13-14H2,1H3. The molecule has 2 aromatic rings. The second-order valence-corrected chi connectivity index (χ2v) is 3.93. The predicted molar refractivity (Wildman–Crippen MR) is 66.6 cm³/mol. The molecule has 84 valence electrons. The highest BCUT2D eigenvalue weighted by Gasteiger charge is 2.13. The number of imidazole rings is 1. The van der Waals surface area contributed by atoms with Gasteiger partial charge in [0.25, 0.3) is 0 Å². The number of rotatable bonds is 2. The Bertz CT molecular complexity index is 519. The second-order valence-electron chi connectivity index (χ2n) is 3.50. The van der Waals surface area contributed by atoms with Crippen LogP contribution in [0.15, 0.2) is 24.3 Å². The molecule has 0 radical (unpaired) electrons. The summed E-state index contributed by atoms with van der Waals surface area (Å²) in [6.07, 6.45) is 0.737. The van der Waals surface area contributed by atoms with Gasteiger partial charge in [-0.05, 0) is 12.1 Å². The summed E-state index contributed by atoms with van der Waals surface area (Å²) < 4.78 is 1.41. The van der Waals surface area contributed by atoms with Crippen LogP contribution in [0.1, 0.15) is 12.7 Å². The van der Waals surface area contributed by atoms with Gasteiger partial charge in [0.1, 0.15) is 11.5 Å². The van der Waals surface area contributed by atoms with E-state index in [1.165, 1.54) is 4.68 Å².